The Bertz CT molecular complexity index is 679. The van der Waals surface area contributed by atoms with Crippen LogP contribution in [0.2, 0.25) is 0 Å². The van der Waals surface area contributed by atoms with Crippen LogP contribution in [0, 0.1) is 25.2 Å². The summed E-state index contributed by atoms with van der Waals surface area (Å²) in [4.78, 5) is 6.80. The zero-order valence-corrected chi connectivity index (χ0v) is 12.5. The van der Waals surface area contributed by atoms with E-state index in [0.717, 1.165) is 12.4 Å². The van der Waals surface area contributed by atoms with Crippen molar-refractivity contribution in [2.24, 2.45) is 0 Å². The van der Waals surface area contributed by atoms with Crippen molar-refractivity contribution in [1.82, 2.24) is 4.98 Å². The molecule has 1 aliphatic rings. The minimum atomic E-state index is 0.590. The summed E-state index contributed by atoms with van der Waals surface area (Å²) in [7, 11) is 0. The molecule has 1 fully saturated rings. The van der Waals surface area contributed by atoms with E-state index in [1.165, 1.54) is 29.5 Å². The molecule has 0 aliphatic heterocycles. The molecular weight excluding hydrogens is 258 g/mol. The van der Waals surface area contributed by atoms with Crippen molar-refractivity contribution < 1.29 is 0 Å². The fourth-order valence-electron chi connectivity index (χ4n) is 2.50. The lowest BCUT2D eigenvalue weighted by molar-refractivity contribution is 0.777. The Hall–Kier alpha value is -2.34. The molecule has 0 atom stereocenters. The summed E-state index contributed by atoms with van der Waals surface area (Å²) < 4.78 is 0. The number of rotatable bonds is 4. The van der Waals surface area contributed by atoms with E-state index >= 15 is 0 Å². The molecule has 1 saturated carbocycles. The minimum Gasteiger partial charge on any atom is -0.349 e. The molecule has 0 N–H and O–H groups in total. The molecule has 0 saturated heterocycles. The van der Waals surface area contributed by atoms with Crippen molar-refractivity contribution in [2.45, 2.75) is 39.3 Å². The Balaban J connectivity index is 1.84. The van der Waals surface area contributed by atoms with E-state index in [2.05, 4.69) is 48.0 Å². The van der Waals surface area contributed by atoms with Crippen molar-refractivity contribution in [3.8, 4) is 6.07 Å². The van der Waals surface area contributed by atoms with Crippen LogP contribution in [0.4, 0.5) is 5.82 Å². The first kappa shape index (κ1) is 13.6. The summed E-state index contributed by atoms with van der Waals surface area (Å²) in [5, 5.41) is 8.88. The Labute approximate surface area is 125 Å². The normalized spacial score (nSPS) is 13.8. The molecule has 1 aromatic heterocycles. The van der Waals surface area contributed by atoms with E-state index in [-0.39, 0.29) is 0 Å². The third-order valence-electron chi connectivity index (χ3n) is 4.08. The molecule has 0 radical (unpaired) electrons. The summed E-state index contributed by atoms with van der Waals surface area (Å²) in [6, 6.07) is 13.1. The van der Waals surface area contributed by atoms with Gasteiger partial charge in [0.2, 0.25) is 0 Å². The van der Waals surface area contributed by atoms with Gasteiger partial charge in [-0.15, -0.1) is 0 Å². The Morgan fingerprint density at radius 2 is 2.00 bits per heavy atom. The van der Waals surface area contributed by atoms with E-state index in [1.54, 1.807) is 6.20 Å². The van der Waals surface area contributed by atoms with Gasteiger partial charge in [-0.2, -0.15) is 5.26 Å². The van der Waals surface area contributed by atoms with Crippen LogP contribution in [0.25, 0.3) is 0 Å². The lowest BCUT2D eigenvalue weighted by Gasteiger charge is -2.24. The van der Waals surface area contributed by atoms with Gasteiger partial charge in [0, 0.05) is 18.8 Å². The number of hydrogen-bond acceptors (Lipinski definition) is 3. The molecule has 0 spiro atoms. The number of aryl methyl sites for hydroxylation is 2. The number of anilines is 1. The maximum absolute atomic E-state index is 8.88. The minimum absolute atomic E-state index is 0.590. The molecule has 21 heavy (non-hydrogen) atoms. The molecule has 3 nitrogen and oxygen atoms in total. The molecule has 2 aromatic rings. The predicted molar refractivity (Wildman–Crippen MR) is 84.1 cm³/mol. The van der Waals surface area contributed by atoms with E-state index < -0.39 is 0 Å². The molecule has 0 unspecified atom stereocenters. The van der Waals surface area contributed by atoms with E-state index in [4.69, 9.17) is 5.26 Å². The van der Waals surface area contributed by atoms with Crippen LogP contribution in [0.3, 0.4) is 0 Å². The molecule has 1 heterocycles. The highest BCUT2D eigenvalue weighted by Gasteiger charge is 2.30. The van der Waals surface area contributed by atoms with Gasteiger partial charge in [0.05, 0.1) is 5.56 Å². The molecule has 1 aromatic carbocycles. The van der Waals surface area contributed by atoms with Gasteiger partial charge in [-0.1, -0.05) is 18.2 Å². The van der Waals surface area contributed by atoms with Gasteiger partial charge in [-0.3, -0.25) is 0 Å². The van der Waals surface area contributed by atoms with Gasteiger partial charge in [0.1, 0.15) is 11.9 Å². The highest BCUT2D eigenvalue weighted by atomic mass is 15.2. The lowest BCUT2D eigenvalue weighted by atomic mass is 10.1. The van der Waals surface area contributed by atoms with Crippen molar-refractivity contribution in [3.05, 3.63) is 58.8 Å². The highest BCUT2D eigenvalue weighted by molar-refractivity contribution is 5.45. The first-order chi connectivity index (χ1) is 10.2. The van der Waals surface area contributed by atoms with E-state index in [9.17, 15) is 0 Å². The second-order valence-corrected chi connectivity index (χ2v) is 5.79. The van der Waals surface area contributed by atoms with Crippen LogP contribution in [-0.2, 0) is 6.54 Å². The fourth-order valence-corrected chi connectivity index (χ4v) is 2.50. The van der Waals surface area contributed by atoms with E-state index in [1.807, 2.05) is 12.1 Å². The zero-order valence-electron chi connectivity index (χ0n) is 12.5. The standard InChI is InChI=1S/C18H19N3/c1-13-3-4-15(9-14(13)2)12-21(17-6-7-17)18-8-5-16(10-19)11-20-18/h3-5,8-9,11,17H,6-7,12H2,1-2H3. The number of nitrogens with zero attached hydrogens (tertiary/aromatic N) is 3. The van der Waals surface area contributed by atoms with Crippen LogP contribution in [-0.4, -0.2) is 11.0 Å². The first-order valence-electron chi connectivity index (χ1n) is 7.36. The van der Waals surface area contributed by atoms with E-state index in [0.29, 0.717) is 11.6 Å². The number of hydrogen-bond donors (Lipinski definition) is 0. The molecule has 3 heteroatoms. The summed E-state index contributed by atoms with van der Waals surface area (Å²) in [5.41, 5.74) is 4.58. The smallest absolute Gasteiger partial charge is 0.129 e. The number of benzene rings is 1. The third-order valence-corrected chi connectivity index (χ3v) is 4.08. The van der Waals surface area contributed by atoms with Crippen LogP contribution < -0.4 is 4.90 Å². The van der Waals surface area contributed by atoms with Crippen molar-refractivity contribution >= 4 is 5.82 Å². The predicted octanol–water partition coefficient (Wildman–Crippen LogP) is 3.74. The third kappa shape index (κ3) is 3.05. The second kappa shape index (κ2) is 5.57. The maximum atomic E-state index is 8.88. The van der Waals surface area contributed by atoms with Gasteiger partial charge < -0.3 is 4.90 Å². The topological polar surface area (TPSA) is 39.9 Å². The Morgan fingerprint density at radius 3 is 2.57 bits per heavy atom. The Morgan fingerprint density at radius 1 is 1.19 bits per heavy atom. The van der Waals surface area contributed by atoms with Crippen molar-refractivity contribution in [3.63, 3.8) is 0 Å². The first-order valence-corrected chi connectivity index (χ1v) is 7.36. The van der Waals surface area contributed by atoms with Gasteiger partial charge in [-0.05, 0) is 55.5 Å². The second-order valence-electron chi connectivity index (χ2n) is 5.79. The molecule has 0 bridgehead atoms. The fraction of sp³-hybridized carbons (Fsp3) is 0.333. The maximum Gasteiger partial charge on any atom is 0.129 e. The van der Waals surface area contributed by atoms with Crippen LogP contribution in [0.15, 0.2) is 36.5 Å². The molecule has 1 aliphatic carbocycles. The summed E-state index contributed by atoms with van der Waals surface area (Å²) >= 11 is 0. The molecule has 3 rings (SSSR count). The van der Waals surface area contributed by atoms with Gasteiger partial charge >= 0.3 is 0 Å². The number of pyridine rings is 1. The van der Waals surface area contributed by atoms with Gasteiger partial charge in [-0.25, -0.2) is 4.98 Å². The van der Waals surface area contributed by atoms with Crippen molar-refractivity contribution in [2.75, 3.05) is 4.90 Å². The van der Waals surface area contributed by atoms with Crippen molar-refractivity contribution in [1.29, 1.82) is 5.26 Å². The average Bonchev–Trinajstić information content (AvgIpc) is 3.33. The van der Waals surface area contributed by atoms with Crippen LogP contribution >= 0.6 is 0 Å². The Kier molecular flexibility index (Phi) is 3.62. The quantitative estimate of drug-likeness (QED) is 0.854. The summed E-state index contributed by atoms with van der Waals surface area (Å²) in [6.07, 6.45) is 4.12. The monoisotopic (exact) mass is 277 g/mol. The highest BCUT2D eigenvalue weighted by Crippen LogP contribution is 2.32. The largest absolute Gasteiger partial charge is 0.349 e. The lowest BCUT2D eigenvalue weighted by Crippen LogP contribution is -2.26. The van der Waals surface area contributed by atoms with Gasteiger partial charge in [0.15, 0.2) is 0 Å². The summed E-state index contributed by atoms with van der Waals surface area (Å²) in [5.74, 6) is 0.967. The molecule has 106 valence electrons. The average molecular weight is 277 g/mol. The van der Waals surface area contributed by atoms with Gasteiger partial charge in [0.25, 0.3) is 0 Å². The van der Waals surface area contributed by atoms with Crippen LogP contribution in [0.5, 0.6) is 0 Å². The zero-order chi connectivity index (χ0) is 14.8. The summed E-state index contributed by atoms with van der Waals surface area (Å²) in [6.45, 7) is 5.17. The SMILES string of the molecule is Cc1ccc(CN(c2ccc(C#N)cn2)C2CC2)cc1C. The molecular formula is C18H19N3. The number of aromatic nitrogens is 1. The van der Waals surface area contributed by atoms with Crippen LogP contribution in [0.1, 0.15) is 35.1 Å². The number of nitriles is 1. The molecule has 0 amide bonds.